The van der Waals surface area contributed by atoms with E-state index >= 15 is 0 Å². The minimum atomic E-state index is 0.158. The minimum absolute atomic E-state index is 0.158. The molecule has 1 aromatic rings. The maximum Gasteiger partial charge on any atom is 0.232 e. The highest BCUT2D eigenvalue weighted by atomic mass is 16.2. The Balaban J connectivity index is 2.18. The van der Waals surface area contributed by atoms with Gasteiger partial charge in [0.1, 0.15) is 0 Å². The van der Waals surface area contributed by atoms with E-state index in [9.17, 15) is 4.79 Å². The normalized spacial score (nSPS) is 15.7. The average Bonchev–Trinajstić information content (AvgIpc) is 2.12. The van der Waals surface area contributed by atoms with E-state index in [4.69, 9.17) is 0 Å². The molecule has 0 bridgehead atoms. The zero-order chi connectivity index (χ0) is 11.7. The molecule has 1 fully saturated rings. The van der Waals surface area contributed by atoms with Gasteiger partial charge in [-0.05, 0) is 37.1 Å². The summed E-state index contributed by atoms with van der Waals surface area (Å²) in [6, 6.07) is 6.22. The largest absolute Gasteiger partial charge is 0.315 e. The molecule has 1 aliphatic rings. The summed E-state index contributed by atoms with van der Waals surface area (Å²) in [5, 5.41) is 3.12. The maximum absolute atomic E-state index is 12.0. The molecule has 86 valence electrons. The molecule has 0 saturated carbocycles. The summed E-state index contributed by atoms with van der Waals surface area (Å²) in [6.07, 6.45) is 0. The molecular weight excluding hydrogens is 200 g/mol. The SMILES string of the molecule is Cc1cc(C)cc(N(C)C(=O)C2CNC2)c1. The molecular formula is C13H18N2O. The van der Waals surface area contributed by atoms with Crippen LogP contribution in [0, 0.1) is 19.8 Å². The molecule has 3 heteroatoms. The highest BCUT2D eigenvalue weighted by Crippen LogP contribution is 2.20. The third-order valence-corrected chi connectivity index (χ3v) is 3.06. The molecule has 1 amide bonds. The Morgan fingerprint density at radius 2 is 1.81 bits per heavy atom. The Morgan fingerprint density at radius 3 is 2.25 bits per heavy atom. The summed E-state index contributed by atoms with van der Waals surface area (Å²) >= 11 is 0. The molecule has 1 aromatic carbocycles. The number of rotatable bonds is 2. The molecule has 0 radical (unpaired) electrons. The second-order valence-corrected chi connectivity index (χ2v) is 4.60. The van der Waals surface area contributed by atoms with Crippen LogP contribution in [0.25, 0.3) is 0 Å². The van der Waals surface area contributed by atoms with Gasteiger partial charge in [0.25, 0.3) is 0 Å². The smallest absolute Gasteiger partial charge is 0.232 e. The molecule has 1 aliphatic heterocycles. The first-order valence-electron chi connectivity index (χ1n) is 5.64. The van der Waals surface area contributed by atoms with Crippen LogP contribution in [0.1, 0.15) is 11.1 Å². The van der Waals surface area contributed by atoms with Crippen LogP contribution in [0.15, 0.2) is 18.2 Å². The summed E-state index contributed by atoms with van der Waals surface area (Å²) in [7, 11) is 1.86. The Bertz CT molecular complexity index is 390. The van der Waals surface area contributed by atoms with Crippen LogP contribution >= 0.6 is 0 Å². The maximum atomic E-state index is 12.0. The van der Waals surface area contributed by atoms with Crippen molar-refractivity contribution in [2.45, 2.75) is 13.8 Å². The number of aryl methyl sites for hydroxylation is 2. The van der Waals surface area contributed by atoms with Crippen LogP contribution in [-0.2, 0) is 4.79 Å². The number of anilines is 1. The molecule has 0 atom stereocenters. The van der Waals surface area contributed by atoms with Gasteiger partial charge in [0, 0.05) is 25.8 Å². The zero-order valence-corrected chi connectivity index (χ0v) is 10.1. The van der Waals surface area contributed by atoms with Crippen molar-refractivity contribution in [3.8, 4) is 0 Å². The fourth-order valence-corrected chi connectivity index (χ4v) is 2.01. The summed E-state index contributed by atoms with van der Waals surface area (Å²) in [4.78, 5) is 13.8. The third kappa shape index (κ3) is 2.09. The lowest BCUT2D eigenvalue weighted by Crippen LogP contribution is -2.51. The lowest BCUT2D eigenvalue weighted by atomic mass is 10.0. The van der Waals surface area contributed by atoms with Gasteiger partial charge in [-0.2, -0.15) is 0 Å². The molecule has 16 heavy (non-hydrogen) atoms. The molecule has 1 N–H and O–H groups in total. The summed E-state index contributed by atoms with van der Waals surface area (Å²) < 4.78 is 0. The number of benzene rings is 1. The second-order valence-electron chi connectivity index (χ2n) is 4.60. The van der Waals surface area contributed by atoms with Gasteiger partial charge in [-0.25, -0.2) is 0 Å². The first kappa shape index (κ1) is 11.1. The molecule has 3 nitrogen and oxygen atoms in total. The van der Waals surface area contributed by atoms with Crippen molar-refractivity contribution in [2.75, 3.05) is 25.0 Å². The summed E-state index contributed by atoms with van der Waals surface area (Å²) in [6.45, 7) is 5.74. The highest BCUT2D eigenvalue weighted by molar-refractivity contribution is 5.95. The van der Waals surface area contributed by atoms with Gasteiger partial charge >= 0.3 is 0 Å². The quantitative estimate of drug-likeness (QED) is 0.815. The highest BCUT2D eigenvalue weighted by Gasteiger charge is 2.28. The topological polar surface area (TPSA) is 32.3 Å². The number of amides is 1. The molecule has 0 spiro atoms. The number of hydrogen-bond acceptors (Lipinski definition) is 2. The van der Waals surface area contributed by atoms with Gasteiger partial charge in [0.2, 0.25) is 5.91 Å². The van der Waals surface area contributed by atoms with Crippen LogP contribution in [-0.4, -0.2) is 26.0 Å². The molecule has 0 aliphatic carbocycles. The zero-order valence-electron chi connectivity index (χ0n) is 10.1. The molecule has 1 saturated heterocycles. The van der Waals surface area contributed by atoms with E-state index in [1.165, 1.54) is 11.1 Å². The van der Waals surface area contributed by atoms with Crippen molar-refractivity contribution in [1.29, 1.82) is 0 Å². The van der Waals surface area contributed by atoms with Gasteiger partial charge < -0.3 is 10.2 Å². The van der Waals surface area contributed by atoms with Crippen molar-refractivity contribution >= 4 is 11.6 Å². The Labute approximate surface area is 96.5 Å². The predicted octanol–water partition coefficient (Wildman–Crippen LogP) is 1.49. The average molecular weight is 218 g/mol. The molecule has 1 heterocycles. The van der Waals surface area contributed by atoms with Crippen molar-refractivity contribution in [3.63, 3.8) is 0 Å². The molecule has 0 aromatic heterocycles. The predicted molar refractivity (Wildman–Crippen MR) is 65.7 cm³/mol. The van der Waals surface area contributed by atoms with Gasteiger partial charge in [-0.1, -0.05) is 6.07 Å². The van der Waals surface area contributed by atoms with E-state index in [1.807, 2.05) is 7.05 Å². The summed E-state index contributed by atoms with van der Waals surface area (Å²) in [5.74, 6) is 0.370. The van der Waals surface area contributed by atoms with Crippen LogP contribution in [0.3, 0.4) is 0 Å². The van der Waals surface area contributed by atoms with Crippen LogP contribution in [0.2, 0.25) is 0 Å². The lowest BCUT2D eigenvalue weighted by Gasteiger charge is -2.30. The second kappa shape index (κ2) is 4.26. The van der Waals surface area contributed by atoms with Crippen molar-refractivity contribution < 1.29 is 4.79 Å². The first-order chi connectivity index (χ1) is 7.58. The fraction of sp³-hybridized carbons (Fsp3) is 0.462. The van der Waals surface area contributed by atoms with Gasteiger partial charge in [-0.15, -0.1) is 0 Å². The monoisotopic (exact) mass is 218 g/mol. The molecule has 0 unspecified atom stereocenters. The van der Waals surface area contributed by atoms with Crippen molar-refractivity contribution in [2.24, 2.45) is 5.92 Å². The van der Waals surface area contributed by atoms with E-state index in [0.29, 0.717) is 0 Å². The fourth-order valence-electron chi connectivity index (χ4n) is 2.01. The number of nitrogens with zero attached hydrogens (tertiary/aromatic N) is 1. The first-order valence-corrected chi connectivity index (χ1v) is 5.64. The van der Waals surface area contributed by atoms with E-state index < -0.39 is 0 Å². The van der Waals surface area contributed by atoms with Crippen molar-refractivity contribution in [3.05, 3.63) is 29.3 Å². The van der Waals surface area contributed by atoms with Crippen LogP contribution < -0.4 is 10.2 Å². The Kier molecular flexibility index (Phi) is 2.97. The minimum Gasteiger partial charge on any atom is -0.315 e. The number of hydrogen-bond donors (Lipinski definition) is 1. The van der Waals surface area contributed by atoms with E-state index in [-0.39, 0.29) is 11.8 Å². The standard InChI is InChI=1S/C13H18N2O/c1-9-4-10(2)6-12(5-9)15(3)13(16)11-7-14-8-11/h4-6,11,14H,7-8H2,1-3H3. The van der Waals surface area contributed by atoms with Crippen LogP contribution in [0.4, 0.5) is 5.69 Å². The lowest BCUT2D eigenvalue weighted by molar-refractivity contribution is -0.123. The summed E-state index contributed by atoms with van der Waals surface area (Å²) in [5.41, 5.74) is 3.39. The van der Waals surface area contributed by atoms with E-state index in [2.05, 4.69) is 37.4 Å². The Morgan fingerprint density at radius 1 is 1.25 bits per heavy atom. The number of nitrogens with one attached hydrogen (secondary N) is 1. The molecule has 2 rings (SSSR count). The van der Waals surface area contributed by atoms with Crippen molar-refractivity contribution in [1.82, 2.24) is 5.32 Å². The van der Waals surface area contributed by atoms with E-state index in [0.717, 1.165) is 18.8 Å². The Hall–Kier alpha value is -1.35. The number of carbonyl (C=O) groups excluding carboxylic acids is 1. The third-order valence-electron chi connectivity index (χ3n) is 3.06. The van der Waals surface area contributed by atoms with Crippen LogP contribution in [0.5, 0.6) is 0 Å². The number of carbonyl (C=O) groups is 1. The van der Waals surface area contributed by atoms with Gasteiger partial charge in [0.05, 0.1) is 5.92 Å². The van der Waals surface area contributed by atoms with E-state index in [1.54, 1.807) is 4.90 Å². The van der Waals surface area contributed by atoms with Gasteiger partial charge in [0.15, 0.2) is 0 Å². The van der Waals surface area contributed by atoms with Gasteiger partial charge in [-0.3, -0.25) is 4.79 Å².